The smallest absolute Gasteiger partial charge is 0.341 e. The van der Waals surface area contributed by atoms with Crippen molar-refractivity contribution in [2.75, 3.05) is 18.5 Å². The molecule has 35 heavy (non-hydrogen) atoms. The minimum absolute atomic E-state index is 0.146. The molecule has 180 valence electrons. The number of amides is 1. The summed E-state index contributed by atoms with van der Waals surface area (Å²) in [5.41, 5.74) is 2.37. The van der Waals surface area contributed by atoms with Crippen LogP contribution in [0.2, 0.25) is 0 Å². The van der Waals surface area contributed by atoms with Crippen molar-refractivity contribution >= 4 is 45.3 Å². The van der Waals surface area contributed by atoms with Crippen LogP contribution in [0.5, 0.6) is 0 Å². The van der Waals surface area contributed by atoms with Gasteiger partial charge in [-0.1, -0.05) is 5.16 Å². The number of ether oxygens (including phenoxy) is 2. The Morgan fingerprint density at radius 3 is 2.77 bits per heavy atom. The van der Waals surface area contributed by atoms with Gasteiger partial charge in [0.2, 0.25) is 0 Å². The van der Waals surface area contributed by atoms with Crippen molar-refractivity contribution < 1.29 is 32.8 Å². The molecule has 11 heteroatoms. The summed E-state index contributed by atoms with van der Waals surface area (Å²) in [5.74, 6) is -1.06. The van der Waals surface area contributed by atoms with Crippen LogP contribution in [0, 0.1) is 6.92 Å². The molecule has 1 N–H and O–H groups in total. The molecule has 1 aliphatic carbocycles. The maximum atomic E-state index is 12.9. The van der Waals surface area contributed by atoms with Gasteiger partial charge >= 0.3 is 11.9 Å². The van der Waals surface area contributed by atoms with E-state index >= 15 is 0 Å². The molecule has 0 atom stereocenters. The van der Waals surface area contributed by atoms with Gasteiger partial charge in [0.15, 0.2) is 12.4 Å². The topological polar surface area (TPSA) is 134 Å². The van der Waals surface area contributed by atoms with Gasteiger partial charge in [-0.2, -0.15) is 0 Å². The lowest BCUT2D eigenvalue weighted by molar-refractivity contribution is -0.119. The lowest BCUT2D eigenvalue weighted by atomic mass is 10.1. The van der Waals surface area contributed by atoms with Crippen molar-refractivity contribution in [3.63, 3.8) is 0 Å². The zero-order valence-corrected chi connectivity index (χ0v) is 19.8. The van der Waals surface area contributed by atoms with E-state index in [0.717, 1.165) is 18.4 Å². The Kier molecular flexibility index (Phi) is 6.08. The monoisotopic (exact) mass is 495 g/mol. The molecule has 0 bridgehead atoms. The van der Waals surface area contributed by atoms with E-state index in [-0.39, 0.29) is 17.9 Å². The molecule has 1 fully saturated rings. The maximum absolute atomic E-state index is 12.9. The van der Waals surface area contributed by atoms with Crippen molar-refractivity contribution in [1.29, 1.82) is 0 Å². The van der Waals surface area contributed by atoms with Crippen molar-refractivity contribution in [2.24, 2.45) is 0 Å². The van der Waals surface area contributed by atoms with Gasteiger partial charge in [-0.25, -0.2) is 14.6 Å². The summed E-state index contributed by atoms with van der Waals surface area (Å²) >= 11 is 1.25. The summed E-state index contributed by atoms with van der Waals surface area (Å²) in [6.07, 6.45) is 3.48. The molecule has 1 amide bonds. The van der Waals surface area contributed by atoms with E-state index in [9.17, 15) is 14.4 Å². The highest BCUT2D eigenvalue weighted by Crippen LogP contribution is 2.46. The molecule has 4 aromatic heterocycles. The van der Waals surface area contributed by atoms with Crippen LogP contribution in [0.1, 0.15) is 57.7 Å². The van der Waals surface area contributed by atoms with Crippen LogP contribution in [0.4, 0.5) is 5.00 Å². The first-order valence-corrected chi connectivity index (χ1v) is 11.9. The number of aromatic nitrogens is 2. The quantitative estimate of drug-likeness (QED) is 0.345. The second-order valence-electron chi connectivity index (χ2n) is 7.99. The van der Waals surface area contributed by atoms with E-state index in [0.29, 0.717) is 39.0 Å². The first-order valence-electron chi connectivity index (χ1n) is 11.0. The SMILES string of the molecule is CCOC(=O)c1c(C2CC2)csc1NC(=O)COC(=O)c1cc(-c2ccco2)nc2onc(C)c12. The predicted octanol–water partition coefficient (Wildman–Crippen LogP) is 4.70. The Bertz CT molecular complexity index is 1420. The highest BCUT2D eigenvalue weighted by atomic mass is 32.1. The van der Waals surface area contributed by atoms with Crippen LogP contribution < -0.4 is 5.32 Å². The minimum atomic E-state index is -0.748. The van der Waals surface area contributed by atoms with Crippen LogP contribution in [0.15, 0.2) is 38.8 Å². The summed E-state index contributed by atoms with van der Waals surface area (Å²) in [5, 5.41) is 9.20. The molecule has 0 saturated heterocycles. The third-order valence-corrected chi connectivity index (χ3v) is 6.43. The molecule has 4 heterocycles. The molecule has 0 aliphatic heterocycles. The Morgan fingerprint density at radius 1 is 1.23 bits per heavy atom. The summed E-state index contributed by atoms with van der Waals surface area (Å²) in [4.78, 5) is 42.4. The van der Waals surface area contributed by atoms with E-state index in [1.807, 2.05) is 5.38 Å². The Hall–Kier alpha value is -3.99. The molecule has 0 aromatic carbocycles. The fourth-order valence-electron chi connectivity index (χ4n) is 3.75. The van der Waals surface area contributed by atoms with Gasteiger partial charge in [0, 0.05) is 0 Å². The number of thiophene rings is 1. The number of aryl methyl sites for hydroxylation is 1. The molecule has 0 radical (unpaired) electrons. The number of furan rings is 1. The van der Waals surface area contributed by atoms with Crippen LogP contribution in [0.25, 0.3) is 22.6 Å². The molecule has 0 spiro atoms. The van der Waals surface area contributed by atoms with Gasteiger partial charge in [-0.3, -0.25) is 4.79 Å². The number of hydrogen-bond acceptors (Lipinski definition) is 10. The fraction of sp³-hybridized carbons (Fsp3) is 0.292. The van der Waals surface area contributed by atoms with Crippen molar-refractivity contribution in [3.05, 3.63) is 52.2 Å². The van der Waals surface area contributed by atoms with Crippen molar-refractivity contribution in [2.45, 2.75) is 32.6 Å². The van der Waals surface area contributed by atoms with Gasteiger partial charge in [0.25, 0.3) is 11.6 Å². The van der Waals surface area contributed by atoms with Gasteiger partial charge < -0.3 is 23.7 Å². The van der Waals surface area contributed by atoms with Gasteiger partial charge in [0.05, 0.1) is 35.1 Å². The van der Waals surface area contributed by atoms with Crippen LogP contribution in [-0.4, -0.2) is 41.2 Å². The molecule has 4 aromatic rings. The number of anilines is 1. The highest BCUT2D eigenvalue weighted by molar-refractivity contribution is 7.15. The Balaban J connectivity index is 1.33. The normalized spacial score (nSPS) is 13.1. The number of esters is 2. The second kappa shape index (κ2) is 9.34. The summed E-state index contributed by atoms with van der Waals surface area (Å²) in [6.45, 7) is 3.08. The fourth-order valence-corrected chi connectivity index (χ4v) is 4.80. The molecule has 0 unspecified atom stereocenters. The lowest BCUT2D eigenvalue weighted by Crippen LogP contribution is -2.22. The number of fused-ring (bicyclic) bond motifs is 1. The number of carbonyl (C=O) groups excluding carboxylic acids is 3. The lowest BCUT2D eigenvalue weighted by Gasteiger charge is -2.09. The third-order valence-electron chi connectivity index (χ3n) is 5.51. The number of nitrogens with one attached hydrogen (secondary N) is 1. The first-order chi connectivity index (χ1) is 17.0. The Labute approximate surface area is 203 Å². The van der Waals surface area contributed by atoms with Gasteiger partial charge in [-0.15, -0.1) is 11.3 Å². The van der Waals surface area contributed by atoms with Crippen LogP contribution in [0.3, 0.4) is 0 Å². The minimum Gasteiger partial charge on any atom is -0.463 e. The standard InChI is InChI=1S/C24H21N3O7S/c1-3-31-24(30)20-15(13-6-7-13)11-35-22(20)26-18(28)10-33-23(29)14-9-16(17-5-4-8-32-17)25-21-19(14)12(2)27-34-21/h4-5,8-9,11,13H,3,6-7,10H2,1-2H3,(H,26,28). The average molecular weight is 496 g/mol. The van der Waals surface area contributed by atoms with E-state index in [4.69, 9.17) is 18.4 Å². The van der Waals surface area contributed by atoms with Crippen LogP contribution >= 0.6 is 11.3 Å². The zero-order valence-electron chi connectivity index (χ0n) is 19.0. The molecule has 10 nitrogen and oxygen atoms in total. The molecular formula is C24H21N3O7S. The predicted molar refractivity (Wildman–Crippen MR) is 125 cm³/mol. The van der Waals surface area contributed by atoms with Crippen LogP contribution in [-0.2, 0) is 14.3 Å². The number of hydrogen-bond donors (Lipinski definition) is 1. The summed E-state index contributed by atoms with van der Waals surface area (Å²) in [6, 6.07) is 4.89. The number of carbonyl (C=O) groups is 3. The van der Waals surface area contributed by atoms with E-state index < -0.39 is 24.5 Å². The number of pyridine rings is 1. The first kappa shape index (κ1) is 22.8. The molecule has 5 rings (SSSR count). The largest absolute Gasteiger partial charge is 0.463 e. The highest BCUT2D eigenvalue weighted by Gasteiger charge is 2.32. The Morgan fingerprint density at radius 2 is 2.06 bits per heavy atom. The molecular weight excluding hydrogens is 474 g/mol. The van der Waals surface area contributed by atoms with E-state index in [1.54, 1.807) is 26.0 Å². The second-order valence-corrected chi connectivity index (χ2v) is 8.87. The summed E-state index contributed by atoms with van der Waals surface area (Å²) < 4.78 is 21.1. The summed E-state index contributed by atoms with van der Waals surface area (Å²) in [7, 11) is 0. The van der Waals surface area contributed by atoms with E-state index in [2.05, 4.69) is 15.5 Å². The van der Waals surface area contributed by atoms with Gasteiger partial charge in [0.1, 0.15) is 10.7 Å². The average Bonchev–Trinajstić information content (AvgIpc) is 3.21. The van der Waals surface area contributed by atoms with Crippen molar-refractivity contribution in [3.8, 4) is 11.5 Å². The van der Waals surface area contributed by atoms with Crippen molar-refractivity contribution in [1.82, 2.24) is 10.1 Å². The number of rotatable bonds is 8. The number of nitrogens with zero attached hydrogens (tertiary/aromatic N) is 2. The maximum Gasteiger partial charge on any atom is 0.341 e. The van der Waals surface area contributed by atoms with Gasteiger partial charge in [-0.05, 0) is 61.7 Å². The zero-order chi connectivity index (χ0) is 24.5. The van der Waals surface area contributed by atoms with E-state index in [1.165, 1.54) is 23.7 Å². The molecule has 1 saturated carbocycles. The molecule has 1 aliphatic rings. The third kappa shape index (κ3) is 4.54.